The van der Waals surface area contributed by atoms with Gasteiger partial charge in [0.25, 0.3) is 0 Å². The van der Waals surface area contributed by atoms with Crippen LogP contribution in [0.3, 0.4) is 0 Å². The first-order valence-corrected chi connectivity index (χ1v) is 4.87. The van der Waals surface area contributed by atoms with Gasteiger partial charge in [-0.15, -0.1) is 0 Å². The third kappa shape index (κ3) is 14.1. The molecule has 0 aromatic heterocycles. The molecule has 0 aromatic carbocycles. The van der Waals surface area contributed by atoms with Crippen LogP contribution >= 0.6 is 0 Å². The minimum atomic E-state index is -4.00. The van der Waals surface area contributed by atoms with E-state index < -0.39 is 10.3 Å². The average Bonchev–Trinajstić information content (AvgIpc) is 1.55. The SMILES string of the molecule is CC(C)(C)CCNS(=O)(=O)O.[H-].[K+]. The van der Waals surface area contributed by atoms with Gasteiger partial charge >= 0.3 is 61.7 Å². The van der Waals surface area contributed by atoms with Crippen LogP contribution in [0, 0.1) is 5.41 Å². The van der Waals surface area contributed by atoms with Crippen LogP contribution in [0.4, 0.5) is 0 Å². The van der Waals surface area contributed by atoms with E-state index in [1.54, 1.807) is 0 Å². The van der Waals surface area contributed by atoms with E-state index in [-0.39, 0.29) is 64.8 Å². The van der Waals surface area contributed by atoms with Gasteiger partial charge in [-0.25, -0.2) is 0 Å². The summed E-state index contributed by atoms with van der Waals surface area (Å²) in [5.74, 6) is 0. The molecule has 0 bridgehead atoms. The van der Waals surface area contributed by atoms with Gasteiger partial charge in [-0.05, 0) is 11.8 Å². The molecule has 0 amide bonds. The molecular weight excluding hydrogens is 205 g/mol. The Hall–Kier alpha value is 1.51. The summed E-state index contributed by atoms with van der Waals surface area (Å²) in [6, 6.07) is 0. The van der Waals surface area contributed by atoms with Crippen molar-refractivity contribution in [2.75, 3.05) is 6.54 Å². The Balaban J connectivity index is -0.000000500. The number of rotatable bonds is 3. The summed E-state index contributed by atoms with van der Waals surface area (Å²) >= 11 is 0. The van der Waals surface area contributed by atoms with Crippen LogP contribution in [0.2, 0.25) is 0 Å². The third-order valence-corrected chi connectivity index (χ3v) is 1.73. The number of hydrogen-bond acceptors (Lipinski definition) is 2. The van der Waals surface area contributed by atoms with E-state index in [2.05, 4.69) is 0 Å². The minimum absolute atomic E-state index is 0. The third-order valence-electron chi connectivity index (χ3n) is 1.16. The molecule has 0 aliphatic carbocycles. The van der Waals surface area contributed by atoms with Crippen molar-refractivity contribution in [1.29, 1.82) is 0 Å². The van der Waals surface area contributed by atoms with Crippen LogP contribution in [0.15, 0.2) is 0 Å². The summed E-state index contributed by atoms with van der Waals surface area (Å²) in [4.78, 5) is 0. The van der Waals surface area contributed by atoms with E-state index in [1.165, 1.54) is 0 Å². The normalized spacial score (nSPS) is 12.3. The van der Waals surface area contributed by atoms with E-state index >= 15 is 0 Å². The smallest absolute Gasteiger partial charge is 1.00 e. The molecule has 0 rings (SSSR count). The van der Waals surface area contributed by atoms with Crippen molar-refractivity contribution in [3.8, 4) is 0 Å². The summed E-state index contributed by atoms with van der Waals surface area (Å²) in [5.41, 5.74) is 0.0810. The molecule has 70 valence electrons. The van der Waals surface area contributed by atoms with Crippen LogP contribution in [-0.2, 0) is 10.3 Å². The van der Waals surface area contributed by atoms with Gasteiger partial charge in [-0.3, -0.25) is 4.55 Å². The first-order chi connectivity index (χ1) is 4.71. The predicted molar refractivity (Wildman–Crippen MR) is 44.7 cm³/mol. The van der Waals surface area contributed by atoms with Crippen molar-refractivity contribution in [2.24, 2.45) is 5.41 Å². The summed E-state index contributed by atoms with van der Waals surface area (Å²) in [5, 5.41) is 0. The molecule has 4 nitrogen and oxygen atoms in total. The van der Waals surface area contributed by atoms with Crippen LogP contribution in [0.25, 0.3) is 0 Å². The second kappa shape index (κ2) is 6.08. The van der Waals surface area contributed by atoms with Crippen molar-refractivity contribution < 1.29 is 65.8 Å². The Morgan fingerprint density at radius 3 is 2.08 bits per heavy atom. The van der Waals surface area contributed by atoms with Crippen LogP contribution in [0.5, 0.6) is 0 Å². The zero-order chi connectivity index (χ0) is 9.12. The first-order valence-electron chi connectivity index (χ1n) is 3.43. The van der Waals surface area contributed by atoms with Gasteiger partial charge in [0, 0.05) is 6.54 Å². The zero-order valence-electron chi connectivity index (χ0n) is 9.09. The van der Waals surface area contributed by atoms with Crippen molar-refractivity contribution in [3.63, 3.8) is 0 Å². The fourth-order valence-electron chi connectivity index (χ4n) is 0.555. The molecule has 0 unspecified atom stereocenters. The minimum Gasteiger partial charge on any atom is -1.00 e. The van der Waals surface area contributed by atoms with Gasteiger partial charge in [0.15, 0.2) is 0 Å². The summed E-state index contributed by atoms with van der Waals surface area (Å²) < 4.78 is 30.6. The second-order valence-corrected chi connectivity index (χ2v) is 4.92. The maximum Gasteiger partial charge on any atom is 1.00 e. The first kappa shape index (κ1) is 16.0. The van der Waals surface area contributed by atoms with Crippen molar-refractivity contribution in [2.45, 2.75) is 27.2 Å². The molecule has 0 atom stereocenters. The molecule has 0 aromatic rings. The fourth-order valence-corrected chi connectivity index (χ4v) is 0.915. The van der Waals surface area contributed by atoms with Crippen molar-refractivity contribution in [3.05, 3.63) is 0 Å². The predicted octanol–water partition coefficient (Wildman–Crippen LogP) is -2.07. The second-order valence-electron chi connectivity index (χ2n) is 3.68. The molecular formula is C6H16KNO3S. The Morgan fingerprint density at radius 1 is 1.42 bits per heavy atom. The average molecular weight is 221 g/mol. The van der Waals surface area contributed by atoms with Gasteiger partial charge in [0.2, 0.25) is 0 Å². The maximum atomic E-state index is 10.2. The van der Waals surface area contributed by atoms with Gasteiger partial charge in [0.1, 0.15) is 0 Å². The molecule has 0 heterocycles. The largest absolute Gasteiger partial charge is 1.00 e. The summed E-state index contributed by atoms with van der Waals surface area (Å²) in [7, 11) is -4.00. The molecule has 0 saturated heterocycles. The van der Waals surface area contributed by atoms with Crippen molar-refractivity contribution in [1.82, 2.24) is 4.72 Å². The van der Waals surface area contributed by atoms with E-state index in [4.69, 9.17) is 4.55 Å². The van der Waals surface area contributed by atoms with E-state index in [0.717, 1.165) is 0 Å². The molecule has 2 N–H and O–H groups in total. The Bertz CT molecular complexity index is 212. The maximum absolute atomic E-state index is 10.2. The molecule has 0 fully saturated rings. The van der Waals surface area contributed by atoms with Gasteiger partial charge < -0.3 is 1.43 Å². The van der Waals surface area contributed by atoms with Gasteiger partial charge in [-0.2, -0.15) is 13.1 Å². The number of hydrogen-bond donors (Lipinski definition) is 2. The van der Waals surface area contributed by atoms with E-state index in [9.17, 15) is 8.42 Å². The quantitative estimate of drug-likeness (QED) is 0.425. The monoisotopic (exact) mass is 221 g/mol. The fraction of sp³-hybridized carbons (Fsp3) is 1.00. The topological polar surface area (TPSA) is 66.4 Å². The Morgan fingerprint density at radius 2 is 1.83 bits per heavy atom. The standard InChI is InChI=1S/C6H15NO3S.K.H/c1-6(2,3)4-5-7-11(8,9)10;;/h7H,4-5H2,1-3H3,(H,8,9,10);;/q;+1;-1. The van der Waals surface area contributed by atoms with E-state index in [1.807, 2.05) is 25.5 Å². The molecule has 12 heavy (non-hydrogen) atoms. The van der Waals surface area contributed by atoms with Crippen LogP contribution in [-0.4, -0.2) is 19.5 Å². The summed E-state index contributed by atoms with van der Waals surface area (Å²) in [6.45, 7) is 6.28. The van der Waals surface area contributed by atoms with Crippen LogP contribution < -0.4 is 56.1 Å². The van der Waals surface area contributed by atoms with Gasteiger partial charge in [0.05, 0.1) is 0 Å². The molecule has 0 saturated carbocycles. The van der Waals surface area contributed by atoms with Crippen molar-refractivity contribution >= 4 is 10.3 Å². The Kier molecular flexibility index (Phi) is 8.08. The van der Waals surface area contributed by atoms with E-state index in [0.29, 0.717) is 6.42 Å². The van der Waals surface area contributed by atoms with Crippen LogP contribution in [0.1, 0.15) is 28.6 Å². The molecule has 6 heteroatoms. The zero-order valence-corrected chi connectivity index (χ0v) is 12.0. The molecule has 0 aliphatic rings. The Labute approximate surface area is 118 Å². The summed E-state index contributed by atoms with van der Waals surface area (Å²) in [6.07, 6.45) is 0.701. The molecule has 0 radical (unpaired) electrons. The molecule has 0 aliphatic heterocycles. The molecule has 0 spiro atoms. The van der Waals surface area contributed by atoms with Gasteiger partial charge in [-0.1, -0.05) is 20.8 Å². The number of nitrogens with one attached hydrogen (secondary N) is 1.